The Morgan fingerprint density at radius 3 is 2.49 bits per heavy atom. The van der Waals surface area contributed by atoms with Gasteiger partial charge < -0.3 is 19.5 Å². The number of ether oxygens (including phenoxy) is 1. The normalized spacial score (nSPS) is 16.9. The van der Waals surface area contributed by atoms with Crippen molar-refractivity contribution in [2.45, 2.75) is 32.4 Å². The van der Waals surface area contributed by atoms with E-state index in [1.165, 1.54) is 6.20 Å². The van der Waals surface area contributed by atoms with E-state index in [1.54, 1.807) is 24.8 Å². The fourth-order valence-electron chi connectivity index (χ4n) is 5.15. The van der Waals surface area contributed by atoms with Crippen LogP contribution in [0.5, 0.6) is 0 Å². The van der Waals surface area contributed by atoms with E-state index in [0.717, 1.165) is 68.7 Å². The third kappa shape index (κ3) is 5.71. The number of rotatable bonds is 7. The van der Waals surface area contributed by atoms with Crippen LogP contribution in [0.2, 0.25) is 0 Å². The van der Waals surface area contributed by atoms with Crippen LogP contribution in [0.15, 0.2) is 49.2 Å². The summed E-state index contributed by atoms with van der Waals surface area (Å²) in [5.41, 5.74) is 2.58. The Labute approximate surface area is 226 Å². The number of imidazole rings is 1. The second-order valence-corrected chi connectivity index (χ2v) is 9.77. The van der Waals surface area contributed by atoms with Gasteiger partial charge in [0.2, 0.25) is 11.9 Å². The monoisotopic (exact) mass is 530 g/mol. The summed E-state index contributed by atoms with van der Waals surface area (Å²) < 4.78 is 22.5. The van der Waals surface area contributed by atoms with Crippen molar-refractivity contribution in [1.82, 2.24) is 39.4 Å². The lowest BCUT2D eigenvalue weighted by Gasteiger charge is -2.34. The lowest BCUT2D eigenvalue weighted by molar-refractivity contribution is 0.0694. The third-order valence-electron chi connectivity index (χ3n) is 7.20. The molecule has 2 fully saturated rings. The van der Waals surface area contributed by atoms with Crippen LogP contribution in [0, 0.1) is 12.7 Å². The van der Waals surface area contributed by atoms with E-state index in [1.807, 2.05) is 25.1 Å². The van der Waals surface area contributed by atoms with E-state index in [-0.39, 0.29) is 11.7 Å². The standard InChI is InChI=1S/C27H31FN10O/c1-19-31-17-24(38(19)22-5-13-39-14-6-22)25-23(28)16-33-26(35-25)34-20-3-4-21(32-15-20)18-36-9-11-37(12-10-36)27-29-7-2-8-30-27/h2-4,7-8,15-17,22H,5-6,9-14,18H2,1H3,(H,33,34,35). The van der Waals surface area contributed by atoms with Gasteiger partial charge in [-0.05, 0) is 38.0 Å². The number of piperazine rings is 1. The maximum atomic E-state index is 14.9. The smallest absolute Gasteiger partial charge is 0.228 e. The van der Waals surface area contributed by atoms with Gasteiger partial charge in [0.15, 0.2) is 5.82 Å². The minimum absolute atomic E-state index is 0.202. The molecule has 0 saturated carbocycles. The highest BCUT2D eigenvalue weighted by Gasteiger charge is 2.24. The predicted octanol–water partition coefficient (Wildman–Crippen LogP) is 3.39. The molecular formula is C27H31FN10O. The first-order valence-corrected chi connectivity index (χ1v) is 13.2. The number of aryl methyl sites for hydroxylation is 1. The second-order valence-electron chi connectivity index (χ2n) is 9.77. The van der Waals surface area contributed by atoms with Crippen LogP contribution < -0.4 is 10.2 Å². The molecule has 4 aromatic rings. The number of hydrogen-bond acceptors (Lipinski definition) is 10. The van der Waals surface area contributed by atoms with Gasteiger partial charge in [0.1, 0.15) is 11.5 Å². The molecule has 6 rings (SSSR count). The van der Waals surface area contributed by atoms with Crippen LogP contribution in [0.4, 0.5) is 22.0 Å². The minimum Gasteiger partial charge on any atom is -0.381 e. The summed E-state index contributed by atoms with van der Waals surface area (Å²) in [7, 11) is 0. The highest BCUT2D eigenvalue weighted by molar-refractivity contribution is 5.59. The largest absolute Gasteiger partial charge is 0.381 e. The zero-order valence-electron chi connectivity index (χ0n) is 21.9. The first-order chi connectivity index (χ1) is 19.1. The number of hydrogen-bond donors (Lipinski definition) is 1. The molecule has 4 aromatic heterocycles. The van der Waals surface area contributed by atoms with Gasteiger partial charge >= 0.3 is 0 Å². The van der Waals surface area contributed by atoms with E-state index in [4.69, 9.17) is 4.74 Å². The summed E-state index contributed by atoms with van der Waals surface area (Å²) in [6.07, 6.45) is 9.90. The van der Waals surface area contributed by atoms with E-state index in [0.29, 0.717) is 24.9 Å². The molecule has 39 heavy (non-hydrogen) atoms. The van der Waals surface area contributed by atoms with Gasteiger partial charge in [-0.1, -0.05) is 0 Å². The molecule has 0 amide bonds. The number of anilines is 3. The van der Waals surface area contributed by atoms with Crippen molar-refractivity contribution in [2.75, 3.05) is 49.6 Å². The van der Waals surface area contributed by atoms with Crippen LogP contribution >= 0.6 is 0 Å². The van der Waals surface area contributed by atoms with Gasteiger partial charge in [-0.2, -0.15) is 0 Å². The summed E-state index contributed by atoms with van der Waals surface area (Å²) in [4.78, 5) is 31.0. The fourth-order valence-corrected chi connectivity index (χ4v) is 5.15. The molecule has 0 aromatic carbocycles. The SMILES string of the molecule is Cc1ncc(-c2nc(Nc3ccc(CN4CCN(c5ncccn5)CC4)nc3)ncc2F)n1C1CCOCC1. The van der Waals surface area contributed by atoms with Crippen LogP contribution in [0.3, 0.4) is 0 Å². The van der Waals surface area contributed by atoms with Gasteiger partial charge in [-0.3, -0.25) is 9.88 Å². The van der Waals surface area contributed by atoms with Crippen LogP contribution in [0.1, 0.15) is 30.4 Å². The van der Waals surface area contributed by atoms with Crippen LogP contribution in [0.25, 0.3) is 11.4 Å². The molecule has 1 N–H and O–H groups in total. The zero-order valence-corrected chi connectivity index (χ0v) is 21.9. The Bertz CT molecular complexity index is 1380. The summed E-state index contributed by atoms with van der Waals surface area (Å²) in [5, 5.41) is 3.17. The molecule has 11 nitrogen and oxygen atoms in total. The lowest BCUT2D eigenvalue weighted by atomic mass is 10.1. The molecular weight excluding hydrogens is 499 g/mol. The van der Waals surface area contributed by atoms with Gasteiger partial charge in [0.25, 0.3) is 0 Å². The number of halogens is 1. The molecule has 6 heterocycles. The first-order valence-electron chi connectivity index (χ1n) is 13.2. The van der Waals surface area contributed by atoms with Gasteiger partial charge in [0, 0.05) is 64.4 Å². The van der Waals surface area contributed by atoms with Crippen molar-refractivity contribution in [1.29, 1.82) is 0 Å². The number of nitrogens with one attached hydrogen (secondary N) is 1. The van der Waals surface area contributed by atoms with E-state index in [9.17, 15) is 4.39 Å². The van der Waals surface area contributed by atoms with E-state index < -0.39 is 5.82 Å². The molecule has 0 bridgehead atoms. The molecule has 0 unspecified atom stereocenters. The first kappa shape index (κ1) is 25.3. The maximum Gasteiger partial charge on any atom is 0.228 e. The lowest BCUT2D eigenvalue weighted by Crippen LogP contribution is -2.46. The van der Waals surface area contributed by atoms with Crippen LogP contribution in [-0.2, 0) is 11.3 Å². The van der Waals surface area contributed by atoms with E-state index >= 15 is 0 Å². The molecule has 202 valence electrons. The van der Waals surface area contributed by atoms with Crippen molar-refractivity contribution in [3.05, 3.63) is 66.5 Å². The maximum absolute atomic E-state index is 14.9. The predicted molar refractivity (Wildman–Crippen MR) is 144 cm³/mol. The average Bonchev–Trinajstić information content (AvgIpc) is 3.37. The average molecular weight is 531 g/mol. The highest BCUT2D eigenvalue weighted by atomic mass is 19.1. The second kappa shape index (κ2) is 11.4. The molecule has 12 heteroatoms. The van der Waals surface area contributed by atoms with Crippen molar-refractivity contribution in [3.8, 4) is 11.4 Å². The number of aromatic nitrogens is 7. The third-order valence-corrected chi connectivity index (χ3v) is 7.20. The van der Waals surface area contributed by atoms with Crippen molar-refractivity contribution >= 4 is 17.6 Å². The van der Waals surface area contributed by atoms with Crippen molar-refractivity contribution < 1.29 is 9.13 Å². The Kier molecular flexibility index (Phi) is 7.37. The summed E-state index contributed by atoms with van der Waals surface area (Å²) in [6.45, 7) is 7.64. The number of pyridine rings is 1. The number of nitrogens with zero attached hydrogens (tertiary/aromatic N) is 9. The zero-order chi connectivity index (χ0) is 26.6. The Morgan fingerprint density at radius 2 is 1.74 bits per heavy atom. The quantitative estimate of drug-likeness (QED) is 0.382. The Hall–Kier alpha value is -4.03. The van der Waals surface area contributed by atoms with Gasteiger partial charge in [-0.25, -0.2) is 29.3 Å². The molecule has 0 atom stereocenters. The minimum atomic E-state index is -0.485. The summed E-state index contributed by atoms with van der Waals surface area (Å²) >= 11 is 0. The summed E-state index contributed by atoms with van der Waals surface area (Å²) in [5.74, 6) is 1.43. The Morgan fingerprint density at radius 1 is 0.949 bits per heavy atom. The van der Waals surface area contributed by atoms with Crippen LogP contribution in [-0.4, -0.2) is 78.8 Å². The molecule has 2 aliphatic rings. The Balaban J connectivity index is 1.10. The van der Waals surface area contributed by atoms with Crippen molar-refractivity contribution in [3.63, 3.8) is 0 Å². The molecule has 2 aliphatic heterocycles. The summed E-state index contributed by atoms with van der Waals surface area (Å²) in [6, 6.07) is 5.96. The van der Waals surface area contributed by atoms with Crippen molar-refractivity contribution in [2.24, 2.45) is 0 Å². The molecule has 0 aliphatic carbocycles. The molecule has 0 spiro atoms. The molecule has 2 saturated heterocycles. The fraction of sp³-hybridized carbons (Fsp3) is 0.407. The topological polar surface area (TPSA) is 110 Å². The van der Waals surface area contributed by atoms with Gasteiger partial charge in [-0.15, -0.1) is 0 Å². The van der Waals surface area contributed by atoms with E-state index in [2.05, 4.69) is 49.6 Å². The molecule has 0 radical (unpaired) electrons. The highest BCUT2D eigenvalue weighted by Crippen LogP contribution is 2.31. The van der Waals surface area contributed by atoms with Gasteiger partial charge in [0.05, 0.1) is 35.7 Å².